The molecule has 0 radical (unpaired) electrons. The molecule has 0 saturated carbocycles. The van der Waals surface area contributed by atoms with Crippen molar-refractivity contribution in [3.63, 3.8) is 0 Å². The summed E-state index contributed by atoms with van der Waals surface area (Å²) in [5, 5.41) is 4.13. The lowest BCUT2D eigenvalue weighted by Crippen LogP contribution is -1.91. The Bertz CT molecular complexity index is 433. The van der Waals surface area contributed by atoms with Crippen LogP contribution in [0.2, 0.25) is 0 Å². The van der Waals surface area contributed by atoms with Gasteiger partial charge in [0.2, 0.25) is 0 Å². The zero-order valence-electron chi connectivity index (χ0n) is 8.53. The highest BCUT2D eigenvalue weighted by molar-refractivity contribution is 7.15. The number of nitrogens with two attached hydrogens (primary N) is 1. The third kappa shape index (κ3) is 2.55. The standard InChI is InChI=1S/C11H13N3S/c1-8-2-4-9(5-3-8)14-11-13-7-10(6-12)15-11/h2-5,7H,6,12H2,1H3,(H,13,14). The second-order valence-corrected chi connectivity index (χ2v) is 4.44. The van der Waals surface area contributed by atoms with Gasteiger partial charge in [0.25, 0.3) is 0 Å². The molecule has 4 heteroatoms. The largest absolute Gasteiger partial charge is 0.332 e. The number of aromatic nitrogens is 1. The molecule has 0 atom stereocenters. The average Bonchev–Trinajstić information content (AvgIpc) is 2.69. The van der Waals surface area contributed by atoms with Gasteiger partial charge in [0.05, 0.1) is 0 Å². The second kappa shape index (κ2) is 4.42. The molecule has 3 N–H and O–H groups in total. The summed E-state index contributed by atoms with van der Waals surface area (Å²) >= 11 is 1.58. The first-order valence-electron chi connectivity index (χ1n) is 4.76. The van der Waals surface area contributed by atoms with E-state index in [9.17, 15) is 0 Å². The molecule has 2 aromatic rings. The monoisotopic (exact) mass is 219 g/mol. The van der Waals surface area contributed by atoms with Crippen LogP contribution in [0.3, 0.4) is 0 Å². The van der Waals surface area contributed by atoms with Gasteiger partial charge in [0.15, 0.2) is 5.13 Å². The molecule has 0 unspecified atom stereocenters. The predicted molar refractivity (Wildman–Crippen MR) is 64.5 cm³/mol. The van der Waals surface area contributed by atoms with Gasteiger partial charge in [-0.05, 0) is 19.1 Å². The molecule has 2 rings (SSSR count). The van der Waals surface area contributed by atoms with Crippen molar-refractivity contribution in [1.29, 1.82) is 0 Å². The molecular formula is C11H13N3S. The lowest BCUT2D eigenvalue weighted by Gasteiger charge is -2.01. The van der Waals surface area contributed by atoms with Crippen LogP contribution in [0.1, 0.15) is 10.4 Å². The van der Waals surface area contributed by atoms with Gasteiger partial charge in [-0.1, -0.05) is 17.7 Å². The molecule has 1 heterocycles. The molecule has 0 bridgehead atoms. The quantitative estimate of drug-likeness (QED) is 0.834. The topological polar surface area (TPSA) is 50.9 Å². The van der Waals surface area contributed by atoms with E-state index in [1.165, 1.54) is 5.56 Å². The minimum atomic E-state index is 0.549. The van der Waals surface area contributed by atoms with E-state index in [2.05, 4.69) is 29.4 Å². The van der Waals surface area contributed by atoms with Crippen LogP contribution in [0.5, 0.6) is 0 Å². The van der Waals surface area contributed by atoms with Gasteiger partial charge in [-0.15, -0.1) is 11.3 Å². The molecular weight excluding hydrogens is 206 g/mol. The molecule has 1 aromatic heterocycles. The smallest absolute Gasteiger partial charge is 0.187 e. The Balaban J connectivity index is 2.11. The summed E-state index contributed by atoms with van der Waals surface area (Å²) in [6.07, 6.45) is 1.81. The first kappa shape index (κ1) is 10.1. The Kier molecular flexibility index (Phi) is 2.99. The maximum absolute atomic E-state index is 5.52. The SMILES string of the molecule is Cc1ccc(Nc2ncc(CN)s2)cc1. The molecule has 3 nitrogen and oxygen atoms in total. The van der Waals surface area contributed by atoms with Crippen molar-refractivity contribution in [2.75, 3.05) is 5.32 Å². The third-order valence-corrected chi connectivity index (χ3v) is 2.99. The van der Waals surface area contributed by atoms with Crippen LogP contribution in [-0.2, 0) is 6.54 Å². The van der Waals surface area contributed by atoms with Crippen molar-refractivity contribution in [1.82, 2.24) is 4.98 Å². The third-order valence-electron chi connectivity index (χ3n) is 2.06. The van der Waals surface area contributed by atoms with Crippen molar-refractivity contribution in [2.24, 2.45) is 5.73 Å². The van der Waals surface area contributed by atoms with Crippen LogP contribution in [0, 0.1) is 6.92 Å². The van der Waals surface area contributed by atoms with Crippen LogP contribution in [0.4, 0.5) is 10.8 Å². The number of anilines is 2. The zero-order chi connectivity index (χ0) is 10.7. The maximum Gasteiger partial charge on any atom is 0.187 e. The average molecular weight is 219 g/mol. The molecule has 0 aliphatic carbocycles. The molecule has 0 aliphatic heterocycles. The maximum atomic E-state index is 5.52. The first-order valence-corrected chi connectivity index (χ1v) is 5.58. The lowest BCUT2D eigenvalue weighted by molar-refractivity contribution is 1.10. The fourth-order valence-corrected chi connectivity index (χ4v) is 1.93. The minimum Gasteiger partial charge on any atom is -0.332 e. The minimum absolute atomic E-state index is 0.549. The highest BCUT2D eigenvalue weighted by Gasteiger charge is 2.00. The van der Waals surface area contributed by atoms with Gasteiger partial charge in [0.1, 0.15) is 0 Å². The molecule has 78 valence electrons. The molecule has 1 aromatic carbocycles. The fraction of sp³-hybridized carbons (Fsp3) is 0.182. The van der Waals surface area contributed by atoms with Crippen LogP contribution in [-0.4, -0.2) is 4.98 Å². The Hall–Kier alpha value is -1.39. The van der Waals surface area contributed by atoms with E-state index in [0.717, 1.165) is 15.7 Å². The van der Waals surface area contributed by atoms with Crippen LogP contribution < -0.4 is 11.1 Å². The van der Waals surface area contributed by atoms with Crippen molar-refractivity contribution in [3.8, 4) is 0 Å². The summed E-state index contributed by atoms with van der Waals surface area (Å²) in [5.41, 5.74) is 7.83. The number of thiazole rings is 1. The molecule has 0 aliphatic rings. The Labute approximate surface area is 93.0 Å². The Morgan fingerprint density at radius 3 is 2.67 bits per heavy atom. The fourth-order valence-electron chi connectivity index (χ4n) is 1.22. The summed E-state index contributed by atoms with van der Waals surface area (Å²) < 4.78 is 0. The highest BCUT2D eigenvalue weighted by atomic mass is 32.1. The Morgan fingerprint density at radius 2 is 2.07 bits per heavy atom. The van der Waals surface area contributed by atoms with E-state index < -0.39 is 0 Å². The van der Waals surface area contributed by atoms with Crippen LogP contribution >= 0.6 is 11.3 Å². The molecule has 0 saturated heterocycles. The van der Waals surface area contributed by atoms with E-state index in [0.29, 0.717) is 6.54 Å². The number of nitrogens with zero attached hydrogens (tertiary/aromatic N) is 1. The number of benzene rings is 1. The normalized spacial score (nSPS) is 10.3. The number of hydrogen-bond acceptors (Lipinski definition) is 4. The van der Waals surface area contributed by atoms with E-state index in [4.69, 9.17) is 5.73 Å². The van der Waals surface area contributed by atoms with Crippen molar-refractivity contribution in [3.05, 3.63) is 40.9 Å². The van der Waals surface area contributed by atoms with Gasteiger partial charge < -0.3 is 11.1 Å². The van der Waals surface area contributed by atoms with Crippen molar-refractivity contribution in [2.45, 2.75) is 13.5 Å². The first-order chi connectivity index (χ1) is 7.28. The summed E-state index contributed by atoms with van der Waals surface area (Å²) in [6, 6.07) is 8.22. The number of hydrogen-bond donors (Lipinski definition) is 2. The predicted octanol–water partition coefficient (Wildman–Crippen LogP) is 2.65. The summed E-state index contributed by atoms with van der Waals surface area (Å²) in [4.78, 5) is 5.32. The number of rotatable bonds is 3. The number of aryl methyl sites for hydroxylation is 1. The van der Waals surface area contributed by atoms with Crippen LogP contribution in [0.15, 0.2) is 30.5 Å². The van der Waals surface area contributed by atoms with Crippen LogP contribution in [0.25, 0.3) is 0 Å². The molecule has 0 spiro atoms. The molecule has 15 heavy (non-hydrogen) atoms. The summed E-state index contributed by atoms with van der Waals surface area (Å²) in [6.45, 7) is 2.62. The van der Waals surface area contributed by atoms with Crippen molar-refractivity contribution < 1.29 is 0 Å². The van der Waals surface area contributed by atoms with Crippen molar-refractivity contribution >= 4 is 22.2 Å². The van der Waals surface area contributed by atoms with E-state index in [1.54, 1.807) is 17.5 Å². The number of nitrogens with one attached hydrogen (secondary N) is 1. The van der Waals surface area contributed by atoms with Gasteiger partial charge >= 0.3 is 0 Å². The van der Waals surface area contributed by atoms with E-state index in [1.807, 2.05) is 12.1 Å². The Morgan fingerprint density at radius 1 is 1.33 bits per heavy atom. The van der Waals surface area contributed by atoms with E-state index >= 15 is 0 Å². The second-order valence-electron chi connectivity index (χ2n) is 3.33. The molecule has 0 amide bonds. The van der Waals surface area contributed by atoms with Gasteiger partial charge in [0, 0.05) is 23.3 Å². The van der Waals surface area contributed by atoms with Gasteiger partial charge in [-0.2, -0.15) is 0 Å². The lowest BCUT2D eigenvalue weighted by atomic mass is 10.2. The highest BCUT2D eigenvalue weighted by Crippen LogP contribution is 2.22. The van der Waals surface area contributed by atoms with E-state index in [-0.39, 0.29) is 0 Å². The van der Waals surface area contributed by atoms with Gasteiger partial charge in [-0.25, -0.2) is 4.98 Å². The van der Waals surface area contributed by atoms with Gasteiger partial charge in [-0.3, -0.25) is 0 Å². The zero-order valence-corrected chi connectivity index (χ0v) is 9.34. The summed E-state index contributed by atoms with van der Waals surface area (Å²) in [7, 11) is 0. The summed E-state index contributed by atoms with van der Waals surface area (Å²) in [5.74, 6) is 0. The molecule has 0 fully saturated rings.